The van der Waals surface area contributed by atoms with Gasteiger partial charge in [-0.1, -0.05) is 60.7 Å². The van der Waals surface area contributed by atoms with Gasteiger partial charge in [-0.25, -0.2) is 0 Å². The third-order valence-corrected chi connectivity index (χ3v) is 15.7. The first-order chi connectivity index (χ1) is 23.6. The fraction of sp³-hybridized carbons (Fsp3) is 0.0476. The Balaban J connectivity index is 0.951. The molecular formula is C42H30S6. The lowest BCUT2D eigenvalue weighted by atomic mass is 10.1. The summed E-state index contributed by atoms with van der Waals surface area (Å²) in [7, 11) is 0. The van der Waals surface area contributed by atoms with E-state index >= 15 is 0 Å². The van der Waals surface area contributed by atoms with Crippen molar-refractivity contribution in [3.63, 3.8) is 0 Å². The van der Waals surface area contributed by atoms with Gasteiger partial charge in [0, 0.05) is 58.5 Å². The lowest BCUT2D eigenvalue weighted by molar-refractivity contribution is 1.28. The van der Waals surface area contributed by atoms with Gasteiger partial charge in [0.2, 0.25) is 0 Å². The van der Waals surface area contributed by atoms with Gasteiger partial charge in [-0.2, -0.15) is 0 Å². The van der Waals surface area contributed by atoms with Gasteiger partial charge in [-0.15, -0.1) is 81.2 Å². The zero-order chi connectivity index (χ0) is 32.5. The monoisotopic (exact) mass is 726 g/mol. The van der Waals surface area contributed by atoms with Crippen LogP contribution < -0.4 is 0 Å². The van der Waals surface area contributed by atoms with Gasteiger partial charge < -0.3 is 0 Å². The van der Waals surface area contributed by atoms with Crippen molar-refractivity contribution in [3.05, 3.63) is 158 Å². The van der Waals surface area contributed by atoms with Gasteiger partial charge in [-0.05, 0) is 108 Å². The third-order valence-electron chi connectivity index (χ3n) is 8.09. The first-order valence-electron chi connectivity index (χ1n) is 15.6. The number of thiophene rings is 6. The molecule has 0 fully saturated rings. The summed E-state index contributed by atoms with van der Waals surface area (Å²) < 4.78 is 0. The molecule has 0 saturated carbocycles. The minimum absolute atomic E-state index is 0.909. The van der Waals surface area contributed by atoms with Crippen LogP contribution >= 0.6 is 68.0 Å². The lowest BCUT2D eigenvalue weighted by Gasteiger charge is -2.00. The topological polar surface area (TPSA) is 0 Å². The second-order valence-corrected chi connectivity index (χ2v) is 17.9. The fourth-order valence-corrected chi connectivity index (χ4v) is 12.1. The van der Waals surface area contributed by atoms with Gasteiger partial charge in [0.1, 0.15) is 0 Å². The van der Waals surface area contributed by atoms with Crippen molar-refractivity contribution in [1.82, 2.24) is 0 Å². The van der Waals surface area contributed by atoms with E-state index in [0.29, 0.717) is 0 Å². The molecule has 0 aliphatic heterocycles. The average Bonchev–Trinajstić information content (AvgIpc) is 3.95. The molecule has 0 spiro atoms. The summed E-state index contributed by atoms with van der Waals surface area (Å²) in [6.45, 7) is 7.70. The summed E-state index contributed by atoms with van der Waals surface area (Å²) in [6.07, 6.45) is 5.72. The van der Waals surface area contributed by atoms with Crippen molar-refractivity contribution in [2.45, 2.75) is 12.8 Å². The van der Waals surface area contributed by atoms with Gasteiger partial charge in [-0.3, -0.25) is 0 Å². The van der Waals surface area contributed by atoms with Crippen molar-refractivity contribution in [1.29, 1.82) is 0 Å². The molecule has 0 radical (unpaired) electrons. The minimum atomic E-state index is 0.909. The first-order valence-corrected chi connectivity index (χ1v) is 20.5. The zero-order valence-corrected chi connectivity index (χ0v) is 30.9. The van der Waals surface area contributed by atoms with E-state index < -0.39 is 0 Å². The minimum Gasteiger partial charge on any atom is -0.134 e. The molecule has 6 aromatic heterocycles. The molecule has 6 heteroatoms. The summed E-state index contributed by atoms with van der Waals surface area (Å²) in [5.74, 6) is 0. The highest BCUT2D eigenvalue weighted by atomic mass is 32.1. The Hall–Kier alpha value is -3.88. The maximum absolute atomic E-state index is 3.85. The summed E-state index contributed by atoms with van der Waals surface area (Å²) in [6, 6.07) is 45.0. The number of rotatable bonds is 11. The first kappa shape index (κ1) is 31.4. The summed E-state index contributed by atoms with van der Waals surface area (Å²) in [5.41, 5.74) is 5.15. The Bertz CT molecular complexity index is 2160. The smallest absolute Gasteiger partial charge is 0.0449 e. The normalized spacial score (nSPS) is 11.2. The fourth-order valence-electron chi connectivity index (χ4n) is 5.61. The second kappa shape index (κ2) is 13.9. The van der Waals surface area contributed by atoms with Crippen LogP contribution in [0.15, 0.2) is 147 Å². The predicted molar refractivity (Wildman–Crippen MR) is 220 cm³/mol. The number of allylic oxidation sites excluding steroid dienone is 2. The van der Waals surface area contributed by atoms with Gasteiger partial charge in [0.15, 0.2) is 0 Å². The van der Waals surface area contributed by atoms with Crippen LogP contribution in [-0.2, 0) is 12.8 Å². The van der Waals surface area contributed by atoms with Crippen LogP contribution in [0, 0.1) is 0 Å². The molecule has 8 rings (SSSR count). The van der Waals surface area contributed by atoms with E-state index in [9.17, 15) is 0 Å². The molecular weight excluding hydrogens is 697 g/mol. The lowest BCUT2D eigenvalue weighted by Crippen LogP contribution is -1.79. The molecule has 48 heavy (non-hydrogen) atoms. The number of benzene rings is 2. The zero-order valence-electron chi connectivity index (χ0n) is 26.0. The standard InChI is InChI=1S/C42H30S6/c1-3-5-27-7-11-29(12-8-27)31-15-17-33(43-31)35-19-21-37(45-35)39-23-25-41(47-39)42-26-24-40(48-42)38-22-20-36(46-38)34-18-16-32(44-34)30-13-9-28(6-4-2)10-14-30/h3-4,7-26H,1-2,5-6H2. The van der Waals surface area contributed by atoms with Crippen molar-refractivity contribution in [2.24, 2.45) is 0 Å². The molecule has 0 aliphatic carbocycles. The molecule has 0 atom stereocenters. The van der Waals surface area contributed by atoms with Crippen LogP contribution in [0.5, 0.6) is 0 Å². The molecule has 2 aromatic carbocycles. The molecule has 6 heterocycles. The number of hydrogen-bond acceptors (Lipinski definition) is 6. The highest BCUT2D eigenvalue weighted by Gasteiger charge is 2.14. The molecule has 234 valence electrons. The van der Waals surface area contributed by atoms with Crippen molar-refractivity contribution in [2.75, 3.05) is 0 Å². The van der Waals surface area contributed by atoms with Crippen LogP contribution in [0.1, 0.15) is 11.1 Å². The predicted octanol–water partition coefficient (Wildman–Crippen LogP) is 15.2. The van der Waals surface area contributed by atoms with Crippen LogP contribution in [0.25, 0.3) is 69.7 Å². The van der Waals surface area contributed by atoms with Gasteiger partial charge >= 0.3 is 0 Å². The molecule has 0 N–H and O–H groups in total. The SMILES string of the molecule is C=CCc1ccc(-c2ccc(-c3ccc(-c4ccc(-c5ccc(-c6ccc(-c7ccc(-c8ccc(CC=C)cc8)s7)s6)s5)s4)s3)s2)cc1. The quantitative estimate of drug-likeness (QED) is 0.116. The van der Waals surface area contributed by atoms with E-state index in [-0.39, 0.29) is 0 Å². The molecule has 0 saturated heterocycles. The van der Waals surface area contributed by atoms with Crippen LogP contribution in [0.4, 0.5) is 0 Å². The highest BCUT2D eigenvalue weighted by molar-refractivity contribution is 7.30. The van der Waals surface area contributed by atoms with E-state index in [0.717, 1.165) is 12.8 Å². The molecule has 0 amide bonds. The van der Waals surface area contributed by atoms with Gasteiger partial charge in [0.25, 0.3) is 0 Å². The van der Waals surface area contributed by atoms with Crippen molar-refractivity contribution >= 4 is 68.0 Å². The second-order valence-electron chi connectivity index (χ2n) is 11.4. The number of hydrogen-bond donors (Lipinski definition) is 0. The Labute approximate surface area is 305 Å². The highest BCUT2D eigenvalue weighted by Crippen LogP contribution is 2.46. The van der Waals surface area contributed by atoms with E-state index in [1.807, 2.05) is 80.2 Å². The molecule has 8 aromatic rings. The largest absolute Gasteiger partial charge is 0.134 e. The van der Waals surface area contributed by atoms with E-state index in [1.165, 1.54) is 80.8 Å². The van der Waals surface area contributed by atoms with E-state index in [1.54, 1.807) is 0 Å². The van der Waals surface area contributed by atoms with Crippen molar-refractivity contribution in [3.8, 4) is 69.7 Å². The third kappa shape index (κ3) is 6.57. The maximum atomic E-state index is 3.85. The van der Waals surface area contributed by atoms with E-state index in [4.69, 9.17) is 0 Å². The van der Waals surface area contributed by atoms with Crippen molar-refractivity contribution < 1.29 is 0 Å². The van der Waals surface area contributed by atoms with Crippen LogP contribution in [0.3, 0.4) is 0 Å². The Morgan fingerprint density at radius 1 is 0.292 bits per heavy atom. The summed E-state index contributed by atoms with van der Waals surface area (Å²) in [5, 5.41) is 0. The molecule has 0 unspecified atom stereocenters. The maximum Gasteiger partial charge on any atom is 0.0449 e. The van der Waals surface area contributed by atoms with Crippen LogP contribution in [0.2, 0.25) is 0 Å². The molecule has 0 aliphatic rings. The average molecular weight is 727 g/mol. The Morgan fingerprint density at radius 2 is 0.500 bits per heavy atom. The van der Waals surface area contributed by atoms with Crippen LogP contribution in [-0.4, -0.2) is 0 Å². The Morgan fingerprint density at radius 3 is 0.729 bits per heavy atom. The van der Waals surface area contributed by atoms with E-state index in [2.05, 4.69) is 134 Å². The summed E-state index contributed by atoms with van der Waals surface area (Å²) >= 11 is 11.3. The Kier molecular flexibility index (Phi) is 9.11. The van der Waals surface area contributed by atoms with Gasteiger partial charge in [0.05, 0.1) is 0 Å². The summed E-state index contributed by atoms with van der Waals surface area (Å²) in [4.78, 5) is 15.9. The molecule has 0 nitrogen and oxygen atoms in total. The molecule has 0 bridgehead atoms.